The number of hydrogen-bond donors (Lipinski definition) is 2. The Labute approximate surface area is 92.7 Å². The summed E-state index contributed by atoms with van der Waals surface area (Å²) in [5.41, 5.74) is 1.74. The van der Waals surface area contributed by atoms with Crippen LogP contribution in [0.5, 0.6) is 0 Å². The van der Waals surface area contributed by atoms with Crippen LogP contribution >= 0.6 is 11.6 Å². The Hall–Kier alpha value is -1.55. The molecular formula is C10H11ClN4. The van der Waals surface area contributed by atoms with Crippen LogP contribution in [-0.4, -0.2) is 22.0 Å². The summed E-state index contributed by atoms with van der Waals surface area (Å²) in [6.07, 6.45) is 1.75. The van der Waals surface area contributed by atoms with Crippen LogP contribution in [0.15, 0.2) is 18.3 Å². The third kappa shape index (κ3) is 1.94. The van der Waals surface area contributed by atoms with E-state index in [9.17, 15) is 0 Å². The summed E-state index contributed by atoms with van der Waals surface area (Å²) >= 11 is 5.97. The van der Waals surface area contributed by atoms with Crippen molar-refractivity contribution in [1.29, 1.82) is 0 Å². The van der Waals surface area contributed by atoms with E-state index in [2.05, 4.69) is 20.3 Å². The molecule has 0 saturated heterocycles. The first-order valence-electron chi connectivity index (χ1n) is 4.57. The maximum Gasteiger partial charge on any atom is 0.155 e. The van der Waals surface area contributed by atoms with Gasteiger partial charge in [-0.2, -0.15) is 0 Å². The van der Waals surface area contributed by atoms with E-state index in [1.165, 1.54) is 0 Å². The number of rotatable bonds is 2. The molecule has 0 aliphatic carbocycles. The molecule has 5 heteroatoms. The minimum Gasteiger partial charge on any atom is -0.373 e. The van der Waals surface area contributed by atoms with Gasteiger partial charge in [-0.3, -0.25) is 0 Å². The molecule has 78 valence electrons. The molecule has 0 unspecified atom stereocenters. The molecule has 0 fully saturated rings. The van der Waals surface area contributed by atoms with E-state index >= 15 is 0 Å². The number of imidazole rings is 1. The molecule has 0 amide bonds. The topological polar surface area (TPSA) is 53.6 Å². The van der Waals surface area contributed by atoms with Crippen molar-refractivity contribution in [3.8, 4) is 11.3 Å². The van der Waals surface area contributed by atoms with E-state index in [0.29, 0.717) is 5.15 Å². The monoisotopic (exact) mass is 222 g/mol. The molecular weight excluding hydrogens is 212 g/mol. The number of nitrogens with zero attached hydrogens (tertiary/aromatic N) is 2. The molecule has 2 aromatic rings. The van der Waals surface area contributed by atoms with Crippen LogP contribution in [0, 0.1) is 6.92 Å². The van der Waals surface area contributed by atoms with Crippen molar-refractivity contribution in [2.24, 2.45) is 0 Å². The fourth-order valence-electron chi connectivity index (χ4n) is 1.34. The van der Waals surface area contributed by atoms with Crippen molar-refractivity contribution in [3.63, 3.8) is 0 Å². The molecule has 2 N–H and O–H groups in total. The van der Waals surface area contributed by atoms with Gasteiger partial charge in [-0.1, -0.05) is 11.6 Å². The van der Waals surface area contributed by atoms with Gasteiger partial charge in [0.05, 0.1) is 5.69 Å². The molecule has 0 saturated carbocycles. The van der Waals surface area contributed by atoms with Gasteiger partial charge in [-0.25, -0.2) is 9.97 Å². The summed E-state index contributed by atoms with van der Waals surface area (Å²) in [6.45, 7) is 1.87. The summed E-state index contributed by atoms with van der Waals surface area (Å²) in [5, 5.41) is 3.43. The summed E-state index contributed by atoms with van der Waals surface area (Å²) in [6, 6.07) is 3.83. The van der Waals surface area contributed by atoms with Crippen molar-refractivity contribution < 1.29 is 0 Å². The maximum absolute atomic E-state index is 5.97. The zero-order valence-electron chi connectivity index (χ0n) is 8.50. The number of aromatic amines is 1. The van der Waals surface area contributed by atoms with Gasteiger partial charge in [-0.15, -0.1) is 0 Å². The first-order chi connectivity index (χ1) is 7.20. The standard InChI is InChI=1S/C10H11ClN4/c1-6-14-9(10(11)15-6)7-3-4-8(12-2)13-5-7/h3-5H,1-2H3,(H,12,13)(H,14,15). The molecule has 2 heterocycles. The number of aryl methyl sites for hydroxylation is 1. The predicted molar refractivity (Wildman–Crippen MR) is 61.1 cm³/mol. The van der Waals surface area contributed by atoms with E-state index in [0.717, 1.165) is 22.9 Å². The van der Waals surface area contributed by atoms with E-state index in [4.69, 9.17) is 11.6 Å². The number of anilines is 1. The molecule has 15 heavy (non-hydrogen) atoms. The molecule has 0 aromatic carbocycles. The number of pyridine rings is 1. The Kier molecular flexibility index (Phi) is 2.60. The van der Waals surface area contributed by atoms with Gasteiger partial charge in [0.1, 0.15) is 11.6 Å². The molecule has 2 aromatic heterocycles. The van der Waals surface area contributed by atoms with Crippen molar-refractivity contribution in [1.82, 2.24) is 15.0 Å². The minimum absolute atomic E-state index is 0.478. The van der Waals surface area contributed by atoms with Crippen molar-refractivity contribution in [2.75, 3.05) is 12.4 Å². The molecule has 0 radical (unpaired) electrons. The van der Waals surface area contributed by atoms with E-state index in [1.54, 1.807) is 6.20 Å². The molecule has 0 aliphatic heterocycles. The fourth-order valence-corrected chi connectivity index (χ4v) is 1.63. The van der Waals surface area contributed by atoms with Gasteiger partial charge in [0.15, 0.2) is 5.15 Å². The first-order valence-corrected chi connectivity index (χ1v) is 4.95. The van der Waals surface area contributed by atoms with Crippen LogP contribution < -0.4 is 5.32 Å². The smallest absolute Gasteiger partial charge is 0.155 e. The Morgan fingerprint density at radius 3 is 2.67 bits per heavy atom. The average Bonchev–Trinajstić information content (AvgIpc) is 2.58. The number of halogens is 1. The molecule has 2 rings (SSSR count). The molecule has 4 nitrogen and oxygen atoms in total. The zero-order chi connectivity index (χ0) is 10.8. The Morgan fingerprint density at radius 2 is 2.20 bits per heavy atom. The third-order valence-corrected chi connectivity index (χ3v) is 2.36. The van der Waals surface area contributed by atoms with Gasteiger partial charge in [0, 0.05) is 18.8 Å². The lowest BCUT2D eigenvalue weighted by molar-refractivity contribution is 1.15. The summed E-state index contributed by atoms with van der Waals surface area (Å²) in [4.78, 5) is 11.4. The molecule has 0 atom stereocenters. The van der Waals surface area contributed by atoms with Crippen LogP contribution in [0.2, 0.25) is 5.15 Å². The molecule has 0 spiro atoms. The maximum atomic E-state index is 5.97. The summed E-state index contributed by atoms with van der Waals surface area (Å²) in [7, 11) is 1.83. The van der Waals surface area contributed by atoms with Crippen LogP contribution in [-0.2, 0) is 0 Å². The Bertz CT molecular complexity index is 461. The highest BCUT2D eigenvalue weighted by molar-refractivity contribution is 6.31. The lowest BCUT2D eigenvalue weighted by atomic mass is 10.2. The SMILES string of the molecule is CNc1ccc(-c2[nH]c(C)nc2Cl)cn1. The number of aromatic nitrogens is 3. The normalized spacial score (nSPS) is 10.3. The molecule has 0 bridgehead atoms. The van der Waals surface area contributed by atoms with Gasteiger partial charge in [-0.05, 0) is 19.1 Å². The van der Waals surface area contributed by atoms with Gasteiger partial charge in [0.2, 0.25) is 0 Å². The minimum atomic E-state index is 0.478. The van der Waals surface area contributed by atoms with Gasteiger partial charge < -0.3 is 10.3 Å². The third-order valence-electron chi connectivity index (χ3n) is 2.09. The van der Waals surface area contributed by atoms with E-state index < -0.39 is 0 Å². The van der Waals surface area contributed by atoms with Crippen molar-refractivity contribution >= 4 is 17.4 Å². The van der Waals surface area contributed by atoms with Crippen LogP contribution in [0.4, 0.5) is 5.82 Å². The largest absolute Gasteiger partial charge is 0.373 e. The number of hydrogen-bond acceptors (Lipinski definition) is 3. The van der Waals surface area contributed by atoms with Crippen LogP contribution in [0.1, 0.15) is 5.82 Å². The first kappa shape index (κ1) is 9.98. The highest BCUT2D eigenvalue weighted by atomic mass is 35.5. The Morgan fingerprint density at radius 1 is 1.40 bits per heavy atom. The Balaban J connectivity index is 2.41. The second-order valence-electron chi connectivity index (χ2n) is 3.17. The predicted octanol–water partition coefficient (Wildman–Crippen LogP) is 2.48. The van der Waals surface area contributed by atoms with Crippen molar-refractivity contribution in [2.45, 2.75) is 6.92 Å². The van der Waals surface area contributed by atoms with E-state index in [-0.39, 0.29) is 0 Å². The lowest BCUT2D eigenvalue weighted by Gasteiger charge is -2.00. The van der Waals surface area contributed by atoms with E-state index in [1.807, 2.05) is 26.1 Å². The quantitative estimate of drug-likeness (QED) is 0.821. The summed E-state index contributed by atoms with van der Waals surface area (Å²) in [5.74, 6) is 1.62. The average molecular weight is 223 g/mol. The number of H-pyrrole nitrogens is 1. The zero-order valence-corrected chi connectivity index (χ0v) is 9.26. The second kappa shape index (κ2) is 3.90. The summed E-state index contributed by atoms with van der Waals surface area (Å²) < 4.78 is 0. The second-order valence-corrected chi connectivity index (χ2v) is 3.53. The van der Waals surface area contributed by atoms with Gasteiger partial charge in [0.25, 0.3) is 0 Å². The highest BCUT2D eigenvalue weighted by Gasteiger charge is 2.08. The van der Waals surface area contributed by atoms with Crippen LogP contribution in [0.25, 0.3) is 11.3 Å². The fraction of sp³-hybridized carbons (Fsp3) is 0.200. The van der Waals surface area contributed by atoms with Gasteiger partial charge >= 0.3 is 0 Å². The molecule has 0 aliphatic rings. The number of nitrogens with one attached hydrogen (secondary N) is 2. The van der Waals surface area contributed by atoms with Crippen molar-refractivity contribution in [3.05, 3.63) is 29.3 Å². The van der Waals surface area contributed by atoms with Crippen LogP contribution in [0.3, 0.4) is 0 Å². The lowest BCUT2D eigenvalue weighted by Crippen LogP contribution is -1.91. The highest BCUT2D eigenvalue weighted by Crippen LogP contribution is 2.25.